The molecule has 1 atom stereocenters. The summed E-state index contributed by atoms with van der Waals surface area (Å²) in [5.41, 5.74) is 0. The van der Waals surface area contributed by atoms with Gasteiger partial charge in [0.15, 0.2) is 0 Å². The molecule has 3 aliphatic heterocycles. The second-order valence-corrected chi connectivity index (χ2v) is 6.41. The van der Waals surface area contributed by atoms with Gasteiger partial charge in [-0.3, -0.25) is 14.6 Å². The maximum Gasteiger partial charge on any atom is 0.238 e. The van der Waals surface area contributed by atoms with Crippen LogP contribution in [0.25, 0.3) is 0 Å². The first-order valence-electron chi connectivity index (χ1n) is 6.68. The number of nitrogens with zero attached hydrogens (tertiary/aromatic N) is 2. The second-order valence-electron chi connectivity index (χ2n) is 5.18. The highest BCUT2D eigenvalue weighted by Crippen LogP contribution is 2.24. The van der Waals surface area contributed by atoms with E-state index < -0.39 is 0 Å². The summed E-state index contributed by atoms with van der Waals surface area (Å²) >= 11 is 2.07. The van der Waals surface area contributed by atoms with Crippen molar-refractivity contribution in [2.75, 3.05) is 44.2 Å². The van der Waals surface area contributed by atoms with Crippen LogP contribution in [0.3, 0.4) is 0 Å². The molecular weight excluding hydrogens is 234 g/mol. The van der Waals surface area contributed by atoms with Crippen molar-refractivity contribution >= 4 is 17.7 Å². The Morgan fingerprint density at radius 3 is 2.71 bits per heavy atom. The first kappa shape index (κ1) is 11.8. The van der Waals surface area contributed by atoms with Crippen LogP contribution in [0.15, 0.2) is 0 Å². The number of nitrogens with one attached hydrogen (secondary N) is 1. The standard InChI is InChI=1S/C12H21N3OS/c16-12-11-9-15(10-1-7-17-8-2-10)6-5-14(11)4-3-13-12/h10-11H,1-9H2,(H,13,16)/t11-/m0/s1. The summed E-state index contributed by atoms with van der Waals surface area (Å²) < 4.78 is 0. The largest absolute Gasteiger partial charge is 0.353 e. The van der Waals surface area contributed by atoms with Crippen LogP contribution in [0.5, 0.6) is 0 Å². The van der Waals surface area contributed by atoms with E-state index >= 15 is 0 Å². The van der Waals surface area contributed by atoms with E-state index in [2.05, 4.69) is 26.9 Å². The molecule has 0 aromatic heterocycles. The Labute approximate surface area is 107 Å². The molecule has 96 valence electrons. The monoisotopic (exact) mass is 255 g/mol. The molecule has 0 aromatic rings. The average Bonchev–Trinajstić information content (AvgIpc) is 2.40. The summed E-state index contributed by atoms with van der Waals surface area (Å²) in [5, 5.41) is 2.99. The molecule has 3 rings (SSSR count). The first-order chi connectivity index (χ1) is 8.34. The molecule has 3 saturated heterocycles. The van der Waals surface area contributed by atoms with E-state index in [0.717, 1.165) is 38.8 Å². The van der Waals surface area contributed by atoms with E-state index in [1.165, 1.54) is 24.3 Å². The predicted octanol–water partition coefficient (Wildman–Crippen LogP) is -0.00200. The molecule has 0 unspecified atom stereocenters. The van der Waals surface area contributed by atoms with E-state index in [4.69, 9.17) is 0 Å². The minimum absolute atomic E-state index is 0.118. The number of carbonyl (C=O) groups is 1. The lowest BCUT2D eigenvalue weighted by Gasteiger charge is -2.46. The molecule has 0 saturated carbocycles. The average molecular weight is 255 g/mol. The third kappa shape index (κ3) is 2.46. The summed E-state index contributed by atoms with van der Waals surface area (Å²) in [6.45, 7) is 5.03. The number of piperazine rings is 2. The van der Waals surface area contributed by atoms with Crippen LogP contribution in [0.1, 0.15) is 12.8 Å². The van der Waals surface area contributed by atoms with Gasteiger partial charge >= 0.3 is 0 Å². The number of fused-ring (bicyclic) bond motifs is 1. The first-order valence-corrected chi connectivity index (χ1v) is 7.83. The number of hydrogen-bond acceptors (Lipinski definition) is 4. The van der Waals surface area contributed by atoms with Crippen LogP contribution in [-0.2, 0) is 4.79 Å². The minimum Gasteiger partial charge on any atom is -0.353 e. The van der Waals surface area contributed by atoms with Crippen molar-refractivity contribution < 1.29 is 4.79 Å². The second kappa shape index (κ2) is 5.16. The Morgan fingerprint density at radius 2 is 1.88 bits per heavy atom. The van der Waals surface area contributed by atoms with Gasteiger partial charge in [0.25, 0.3) is 0 Å². The Morgan fingerprint density at radius 1 is 1.12 bits per heavy atom. The molecule has 3 heterocycles. The number of carbonyl (C=O) groups excluding carboxylic acids is 1. The van der Waals surface area contributed by atoms with Crippen molar-refractivity contribution in [1.82, 2.24) is 15.1 Å². The molecule has 1 N–H and O–H groups in total. The number of rotatable bonds is 1. The predicted molar refractivity (Wildman–Crippen MR) is 70.3 cm³/mol. The van der Waals surface area contributed by atoms with Crippen molar-refractivity contribution in [1.29, 1.82) is 0 Å². The van der Waals surface area contributed by atoms with Gasteiger partial charge in [-0.1, -0.05) is 0 Å². The summed E-state index contributed by atoms with van der Waals surface area (Å²) in [4.78, 5) is 16.8. The van der Waals surface area contributed by atoms with Crippen LogP contribution in [0.4, 0.5) is 0 Å². The van der Waals surface area contributed by atoms with Crippen molar-refractivity contribution in [3.05, 3.63) is 0 Å². The van der Waals surface area contributed by atoms with Crippen molar-refractivity contribution in [2.45, 2.75) is 24.9 Å². The van der Waals surface area contributed by atoms with Gasteiger partial charge in [-0.15, -0.1) is 0 Å². The Bertz CT molecular complexity index is 293. The minimum atomic E-state index is 0.118. The van der Waals surface area contributed by atoms with Crippen LogP contribution in [-0.4, -0.2) is 72.0 Å². The van der Waals surface area contributed by atoms with Crippen LogP contribution >= 0.6 is 11.8 Å². The molecule has 4 nitrogen and oxygen atoms in total. The molecule has 1 amide bonds. The molecule has 5 heteroatoms. The lowest BCUT2D eigenvalue weighted by molar-refractivity contribution is -0.132. The zero-order chi connectivity index (χ0) is 11.7. The number of amides is 1. The fraction of sp³-hybridized carbons (Fsp3) is 0.917. The summed E-state index contributed by atoms with van der Waals surface area (Å²) in [5.74, 6) is 2.83. The number of hydrogen-bond donors (Lipinski definition) is 1. The fourth-order valence-corrected chi connectivity index (χ4v) is 4.26. The van der Waals surface area contributed by atoms with E-state index in [1.807, 2.05) is 0 Å². The van der Waals surface area contributed by atoms with E-state index in [-0.39, 0.29) is 11.9 Å². The summed E-state index contributed by atoms with van der Waals surface area (Å²) in [7, 11) is 0. The van der Waals surface area contributed by atoms with Crippen LogP contribution in [0, 0.1) is 0 Å². The molecule has 3 fully saturated rings. The smallest absolute Gasteiger partial charge is 0.238 e. The fourth-order valence-electron chi connectivity index (χ4n) is 3.18. The summed E-state index contributed by atoms with van der Waals surface area (Å²) in [6, 6.07) is 0.847. The molecule has 0 radical (unpaired) electrons. The van der Waals surface area contributed by atoms with E-state index in [0.29, 0.717) is 0 Å². The zero-order valence-electron chi connectivity index (χ0n) is 10.2. The van der Waals surface area contributed by atoms with Crippen molar-refractivity contribution in [3.63, 3.8) is 0 Å². The lowest BCUT2D eigenvalue weighted by atomic mass is 10.0. The topological polar surface area (TPSA) is 35.6 Å². The zero-order valence-corrected chi connectivity index (χ0v) is 11.0. The van der Waals surface area contributed by atoms with Gasteiger partial charge in [-0.25, -0.2) is 0 Å². The number of thioether (sulfide) groups is 1. The van der Waals surface area contributed by atoms with Crippen molar-refractivity contribution in [3.8, 4) is 0 Å². The van der Waals surface area contributed by atoms with Crippen molar-refractivity contribution in [2.24, 2.45) is 0 Å². The molecule has 17 heavy (non-hydrogen) atoms. The van der Waals surface area contributed by atoms with Gasteiger partial charge in [0.1, 0.15) is 6.04 Å². The SMILES string of the molecule is O=C1NCCN2CCN(C3CCSCC3)C[C@@H]12. The molecule has 0 aromatic carbocycles. The maximum atomic E-state index is 11.9. The Balaban J connectivity index is 1.63. The molecule has 3 aliphatic rings. The third-order valence-corrected chi connectivity index (χ3v) is 5.28. The van der Waals surface area contributed by atoms with E-state index in [1.54, 1.807) is 0 Å². The van der Waals surface area contributed by atoms with Gasteiger partial charge in [0.2, 0.25) is 5.91 Å². The van der Waals surface area contributed by atoms with Gasteiger partial charge in [0.05, 0.1) is 0 Å². The quantitative estimate of drug-likeness (QED) is 0.715. The van der Waals surface area contributed by atoms with E-state index in [9.17, 15) is 4.79 Å². The lowest BCUT2D eigenvalue weighted by Crippen LogP contribution is -2.65. The Hall–Kier alpha value is -0.260. The van der Waals surface area contributed by atoms with Crippen LogP contribution < -0.4 is 5.32 Å². The highest BCUT2D eigenvalue weighted by atomic mass is 32.2. The van der Waals surface area contributed by atoms with Crippen LogP contribution in [0.2, 0.25) is 0 Å². The molecular formula is C12H21N3OS. The maximum absolute atomic E-state index is 11.9. The van der Waals surface area contributed by atoms with Gasteiger partial charge < -0.3 is 5.32 Å². The van der Waals surface area contributed by atoms with Gasteiger partial charge in [0, 0.05) is 38.8 Å². The third-order valence-electron chi connectivity index (χ3n) is 4.23. The van der Waals surface area contributed by atoms with Gasteiger partial charge in [-0.2, -0.15) is 11.8 Å². The molecule has 0 spiro atoms. The van der Waals surface area contributed by atoms with Gasteiger partial charge in [-0.05, 0) is 24.3 Å². The normalized spacial score (nSPS) is 33.2. The summed E-state index contributed by atoms with van der Waals surface area (Å²) in [6.07, 6.45) is 2.61. The molecule has 0 aliphatic carbocycles. The highest BCUT2D eigenvalue weighted by Gasteiger charge is 2.36. The molecule has 0 bridgehead atoms. The highest BCUT2D eigenvalue weighted by molar-refractivity contribution is 7.99. The Kier molecular flexibility index (Phi) is 3.59.